The third kappa shape index (κ3) is 37.7. The molecule has 1 heterocycles. The maximum absolute atomic E-state index is 13.1. The predicted molar refractivity (Wildman–Crippen MR) is 287 cm³/mol. The van der Waals surface area contributed by atoms with Gasteiger partial charge in [-0.1, -0.05) is 262 Å². The van der Waals surface area contributed by atoms with Gasteiger partial charge in [0, 0.05) is 0 Å². The molecule has 0 saturated carbocycles. The summed E-state index contributed by atoms with van der Waals surface area (Å²) in [4.78, 5) is 13.1. The van der Waals surface area contributed by atoms with Gasteiger partial charge in [-0.25, -0.2) is 0 Å². The van der Waals surface area contributed by atoms with Crippen LogP contribution in [-0.2, 0) is 14.3 Å². The quantitative estimate of drug-likeness (QED) is 0.0232. The molecule has 0 radical (unpaired) electrons. The second-order valence-corrected chi connectivity index (χ2v) is 20.6. The Kier molecular flexibility index (Phi) is 46.1. The van der Waals surface area contributed by atoms with E-state index in [2.05, 4.69) is 43.5 Å². The van der Waals surface area contributed by atoms with E-state index in [1.807, 2.05) is 6.08 Å². The average Bonchev–Trinajstić information content (AvgIpc) is 3.35. The summed E-state index contributed by atoms with van der Waals surface area (Å²) in [5.41, 5.74) is 0. The molecule has 1 saturated heterocycles. The lowest BCUT2D eigenvalue weighted by molar-refractivity contribution is -0.302. The number of aliphatic hydroxyl groups excluding tert-OH is 6. The summed E-state index contributed by atoms with van der Waals surface area (Å²) in [6.07, 6.45) is 52.8. The van der Waals surface area contributed by atoms with E-state index >= 15 is 0 Å². The molecular formula is C59H111NO9. The maximum atomic E-state index is 13.1. The molecule has 7 N–H and O–H groups in total. The Labute approximate surface area is 424 Å². The third-order valence-corrected chi connectivity index (χ3v) is 14.1. The van der Waals surface area contributed by atoms with Gasteiger partial charge in [-0.3, -0.25) is 4.79 Å². The lowest BCUT2D eigenvalue weighted by Crippen LogP contribution is -2.60. The van der Waals surface area contributed by atoms with Crippen LogP contribution >= 0.6 is 0 Å². The number of allylic oxidation sites excluding steroid dienone is 5. The maximum Gasteiger partial charge on any atom is 0.249 e. The van der Waals surface area contributed by atoms with Crippen molar-refractivity contribution >= 4 is 5.91 Å². The summed E-state index contributed by atoms with van der Waals surface area (Å²) >= 11 is 0. The van der Waals surface area contributed by atoms with Crippen molar-refractivity contribution in [2.45, 2.75) is 320 Å². The molecule has 406 valence electrons. The Morgan fingerprint density at radius 2 is 0.855 bits per heavy atom. The number of ether oxygens (including phenoxy) is 2. The van der Waals surface area contributed by atoms with Crippen LogP contribution in [0.1, 0.15) is 271 Å². The van der Waals surface area contributed by atoms with Crippen LogP contribution in [0.25, 0.3) is 0 Å². The van der Waals surface area contributed by atoms with Crippen molar-refractivity contribution in [1.29, 1.82) is 0 Å². The number of carbonyl (C=O) groups is 1. The Balaban J connectivity index is 2.16. The fourth-order valence-electron chi connectivity index (χ4n) is 9.31. The van der Waals surface area contributed by atoms with E-state index in [-0.39, 0.29) is 6.61 Å². The van der Waals surface area contributed by atoms with Gasteiger partial charge in [0.25, 0.3) is 0 Å². The van der Waals surface area contributed by atoms with E-state index in [0.29, 0.717) is 19.3 Å². The smallest absolute Gasteiger partial charge is 0.249 e. The predicted octanol–water partition coefficient (Wildman–Crippen LogP) is 13.3. The molecule has 1 aliphatic rings. The molecule has 1 fully saturated rings. The first-order chi connectivity index (χ1) is 33.8. The van der Waals surface area contributed by atoms with E-state index in [1.165, 1.54) is 193 Å². The molecule has 69 heavy (non-hydrogen) atoms. The number of hydrogen-bond donors (Lipinski definition) is 7. The van der Waals surface area contributed by atoms with Crippen molar-refractivity contribution in [3.8, 4) is 0 Å². The monoisotopic (exact) mass is 978 g/mol. The number of carbonyl (C=O) groups excluding carboxylic acids is 1. The van der Waals surface area contributed by atoms with Crippen molar-refractivity contribution < 1.29 is 44.9 Å². The third-order valence-electron chi connectivity index (χ3n) is 14.1. The Morgan fingerprint density at radius 1 is 0.493 bits per heavy atom. The summed E-state index contributed by atoms with van der Waals surface area (Å²) in [7, 11) is 0. The van der Waals surface area contributed by atoms with Gasteiger partial charge in [-0.15, -0.1) is 0 Å². The highest BCUT2D eigenvalue weighted by Crippen LogP contribution is 2.23. The fraction of sp³-hybridized carbons (Fsp3) is 0.881. The van der Waals surface area contributed by atoms with Gasteiger partial charge in [0.05, 0.1) is 25.4 Å². The topological polar surface area (TPSA) is 169 Å². The van der Waals surface area contributed by atoms with Gasteiger partial charge in [0.2, 0.25) is 5.91 Å². The van der Waals surface area contributed by atoms with E-state index in [0.717, 1.165) is 44.9 Å². The first-order valence-corrected chi connectivity index (χ1v) is 29.3. The van der Waals surface area contributed by atoms with Crippen molar-refractivity contribution in [1.82, 2.24) is 5.32 Å². The van der Waals surface area contributed by atoms with E-state index in [4.69, 9.17) is 9.47 Å². The summed E-state index contributed by atoms with van der Waals surface area (Å²) < 4.78 is 11.2. The van der Waals surface area contributed by atoms with Crippen molar-refractivity contribution in [2.24, 2.45) is 0 Å². The summed E-state index contributed by atoms with van der Waals surface area (Å²) in [5, 5.41) is 64.9. The number of amides is 1. The number of nitrogens with one attached hydrogen (secondary N) is 1. The highest BCUT2D eigenvalue weighted by atomic mass is 16.7. The minimum atomic E-state index is -1.62. The fourth-order valence-corrected chi connectivity index (χ4v) is 9.31. The number of rotatable bonds is 50. The molecule has 10 heteroatoms. The number of unbranched alkanes of at least 4 members (excludes halogenated alkanes) is 35. The second-order valence-electron chi connectivity index (χ2n) is 20.6. The van der Waals surface area contributed by atoms with Gasteiger partial charge >= 0.3 is 0 Å². The molecule has 0 aliphatic carbocycles. The summed E-state index contributed by atoms with van der Waals surface area (Å²) in [6, 6.07) is -1.00. The van der Waals surface area contributed by atoms with Crippen LogP contribution in [0, 0.1) is 0 Å². The van der Waals surface area contributed by atoms with Crippen LogP contribution in [-0.4, -0.2) is 98.7 Å². The van der Waals surface area contributed by atoms with E-state index < -0.39 is 61.5 Å². The molecule has 1 aliphatic heterocycles. The largest absolute Gasteiger partial charge is 0.394 e. The molecule has 1 rings (SSSR count). The molecule has 0 aromatic heterocycles. The number of hydrogen-bond acceptors (Lipinski definition) is 9. The first-order valence-electron chi connectivity index (χ1n) is 29.3. The molecule has 0 spiro atoms. The highest BCUT2D eigenvalue weighted by Gasteiger charge is 2.44. The summed E-state index contributed by atoms with van der Waals surface area (Å²) in [6.45, 7) is 3.58. The molecular weight excluding hydrogens is 867 g/mol. The zero-order valence-corrected chi connectivity index (χ0v) is 44.7. The van der Waals surface area contributed by atoms with Crippen LogP contribution < -0.4 is 5.32 Å². The average molecular weight is 979 g/mol. The van der Waals surface area contributed by atoms with Crippen LogP contribution in [0.15, 0.2) is 36.5 Å². The van der Waals surface area contributed by atoms with Crippen LogP contribution in [0.5, 0.6) is 0 Å². The zero-order valence-electron chi connectivity index (χ0n) is 44.7. The van der Waals surface area contributed by atoms with Crippen LogP contribution in [0.4, 0.5) is 0 Å². The normalized spacial score (nSPS) is 20.1. The van der Waals surface area contributed by atoms with Gasteiger partial charge < -0.3 is 45.4 Å². The molecule has 0 bridgehead atoms. The Hall–Kier alpha value is -1.63. The molecule has 1 amide bonds. The molecule has 0 aromatic carbocycles. The van der Waals surface area contributed by atoms with E-state index in [1.54, 1.807) is 6.08 Å². The van der Waals surface area contributed by atoms with Crippen molar-refractivity contribution in [2.75, 3.05) is 13.2 Å². The SMILES string of the molecule is CCCCC/C=C/CC/C=C/CC/C=C/C(O)C(COC1OC(CO)C(O)C(O)C1O)NC(=O)C(O)CCCCCCCCCCCCCCCCCCCCCCCCCCCCCCCCC. The highest BCUT2D eigenvalue weighted by molar-refractivity contribution is 5.80. The van der Waals surface area contributed by atoms with Crippen molar-refractivity contribution in [3.63, 3.8) is 0 Å². The molecule has 8 atom stereocenters. The molecule has 8 unspecified atom stereocenters. The minimum Gasteiger partial charge on any atom is -0.394 e. The number of aliphatic hydroxyl groups is 6. The Bertz CT molecular complexity index is 1200. The minimum absolute atomic E-state index is 0.304. The lowest BCUT2D eigenvalue weighted by atomic mass is 9.99. The standard InChI is InChI=1S/C59H111NO9/c1-3-5-7-9-11-13-15-17-18-19-20-21-22-23-24-25-26-27-28-29-30-31-32-33-34-36-38-40-42-44-46-48-53(63)58(67)60-51(50-68-59-57(66)56(65)55(64)54(49-61)69-59)52(62)47-45-43-41-39-37-35-16-14-12-10-8-6-4-2/h12,14,37,39,45,47,51-57,59,61-66H,3-11,13,15-36,38,40-44,46,48-50H2,1-2H3,(H,60,67)/b14-12+,39-37+,47-45+. The van der Waals surface area contributed by atoms with E-state index in [9.17, 15) is 35.4 Å². The Morgan fingerprint density at radius 3 is 1.26 bits per heavy atom. The lowest BCUT2D eigenvalue weighted by Gasteiger charge is -2.40. The zero-order chi connectivity index (χ0) is 50.3. The van der Waals surface area contributed by atoms with Crippen LogP contribution in [0.2, 0.25) is 0 Å². The summed E-state index contributed by atoms with van der Waals surface area (Å²) in [5.74, 6) is -0.627. The molecule has 10 nitrogen and oxygen atoms in total. The van der Waals surface area contributed by atoms with Crippen LogP contribution in [0.3, 0.4) is 0 Å². The van der Waals surface area contributed by atoms with Gasteiger partial charge in [-0.2, -0.15) is 0 Å². The van der Waals surface area contributed by atoms with Crippen molar-refractivity contribution in [3.05, 3.63) is 36.5 Å². The van der Waals surface area contributed by atoms with Gasteiger partial charge in [0.1, 0.15) is 30.5 Å². The second kappa shape index (κ2) is 48.6. The molecule has 0 aromatic rings. The van der Waals surface area contributed by atoms with Gasteiger partial charge in [0.15, 0.2) is 6.29 Å². The first kappa shape index (κ1) is 65.4. The van der Waals surface area contributed by atoms with Gasteiger partial charge in [-0.05, 0) is 44.9 Å².